The van der Waals surface area contributed by atoms with E-state index in [0.717, 1.165) is 11.1 Å². The lowest BCUT2D eigenvalue weighted by molar-refractivity contribution is -0.173. The topological polar surface area (TPSA) is 50.7 Å². The van der Waals surface area contributed by atoms with Crippen LogP contribution < -0.4 is 10.1 Å². The first-order valence-corrected chi connectivity index (χ1v) is 7.51. The van der Waals surface area contributed by atoms with Gasteiger partial charge in [0.05, 0.1) is 7.11 Å². The molecule has 0 unspecified atom stereocenters. The standard InChI is InChI=1S/C18H17F3N2O2/c1-25-16-8-7-13(9-10-22-17(24)18(19,20)21)11-15(16)23-12-14-5-3-2-4-6-14/h2-8,11-12H,9-10H2,1H3,(H,22,24)/b23-12+. The highest BCUT2D eigenvalue weighted by Crippen LogP contribution is 2.28. The summed E-state index contributed by atoms with van der Waals surface area (Å²) in [5, 5.41) is 1.84. The van der Waals surface area contributed by atoms with Crippen LogP contribution in [-0.2, 0) is 11.2 Å². The lowest BCUT2D eigenvalue weighted by Crippen LogP contribution is -2.37. The number of halogens is 3. The molecule has 0 aliphatic carbocycles. The van der Waals surface area contributed by atoms with E-state index in [1.165, 1.54) is 7.11 Å². The number of aliphatic imine (C=N–C) groups is 1. The van der Waals surface area contributed by atoms with E-state index >= 15 is 0 Å². The van der Waals surface area contributed by atoms with Crippen LogP contribution in [0.4, 0.5) is 18.9 Å². The number of ether oxygens (including phenoxy) is 1. The molecule has 0 bridgehead atoms. The Bertz CT molecular complexity index is 744. The average molecular weight is 350 g/mol. The Balaban J connectivity index is 2.06. The zero-order valence-corrected chi connectivity index (χ0v) is 13.5. The third kappa shape index (κ3) is 5.63. The van der Waals surface area contributed by atoms with Gasteiger partial charge in [0, 0.05) is 12.8 Å². The van der Waals surface area contributed by atoms with Gasteiger partial charge in [0.15, 0.2) is 0 Å². The Hall–Kier alpha value is -2.83. The molecule has 0 aliphatic rings. The summed E-state index contributed by atoms with van der Waals surface area (Å²) >= 11 is 0. The molecule has 0 saturated carbocycles. The molecule has 132 valence electrons. The van der Waals surface area contributed by atoms with Crippen molar-refractivity contribution in [2.45, 2.75) is 12.6 Å². The molecule has 0 aliphatic heterocycles. The molecule has 2 aromatic rings. The van der Waals surface area contributed by atoms with Crippen LogP contribution in [-0.4, -0.2) is 32.0 Å². The molecule has 1 N–H and O–H groups in total. The first-order chi connectivity index (χ1) is 11.9. The number of nitrogens with zero attached hydrogens (tertiary/aromatic N) is 1. The van der Waals surface area contributed by atoms with Crippen molar-refractivity contribution in [2.75, 3.05) is 13.7 Å². The molecule has 0 spiro atoms. The lowest BCUT2D eigenvalue weighted by Gasteiger charge is -2.09. The molecule has 25 heavy (non-hydrogen) atoms. The maximum atomic E-state index is 12.2. The number of alkyl halides is 3. The molecule has 0 aromatic heterocycles. The quantitative estimate of drug-likeness (QED) is 0.808. The summed E-state index contributed by atoms with van der Waals surface area (Å²) in [5.74, 6) is -1.39. The summed E-state index contributed by atoms with van der Waals surface area (Å²) in [6.45, 7) is -0.119. The number of hydrogen-bond donors (Lipinski definition) is 1. The summed E-state index contributed by atoms with van der Waals surface area (Å²) in [6.07, 6.45) is -2.95. The predicted octanol–water partition coefficient (Wildman–Crippen LogP) is 3.67. The van der Waals surface area contributed by atoms with E-state index < -0.39 is 12.1 Å². The van der Waals surface area contributed by atoms with Crippen LogP contribution in [0.1, 0.15) is 11.1 Å². The third-order valence-corrected chi connectivity index (χ3v) is 3.35. The summed E-state index contributed by atoms with van der Waals surface area (Å²) in [5.41, 5.74) is 2.21. The fraction of sp³-hybridized carbons (Fsp3) is 0.222. The summed E-state index contributed by atoms with van der Waals surface area (Å²) in [6, 6.07) is 14.6. The molecule has 0 atom stereocenters. The van der Waals surface area contributed by atoms with Crippen LogP contribution in [0.25, 0.3) is 0 Å². The van der Waals surface area contributed by atoms with Gasteiger partial charge < -0.3 is 10.1 Å². The van der Waals surface area contributed by atoms with Gasteiger partial charge in [-0.15, -0.1) is 0 Å². The van der Waals surface area contributed by atoms with Crippen molar-refractivity contribution in [2.24, 2.45) is 4.99 Å². The number of carbonyl (C=O) groups is 1. The van der Waals surface area contributed by atoms with E-state index in [2.05, 4.69) is 4.99 Å². The summed E-state index contributed by atoms with van der Waals surface area (Å²) in [4.78, 5) is 15.2. The second-order valence-electron chi connectivity index (χ2n) is 5.18. The normalized spacial score (nSPS) is 11.5. The van der Waals surface area contributed by atoms with Crippen molar-refractivity contribution in [1.29, 1.82) is 0 Å². The summed E-state index contributed by atoms with van der Waals surface area (Å²) < 4.78 is 41.7. The minimum Gasteiger partial charge on any atom is -0.494 e. The van der Waals surface area contributed by atoms with Crippen LogP contribution in [0.2, 0.25) is 0 Å². The number of carbonyl (C=O) groups excluding carboxylic acids is 1. The van der Waals surface area contributed by atoms with Crippen LogP contribution in [0, 0.1) is 0 Å². The van der Waals surface area contributed by atoms with Gasteiger partial charge >= 0.3 is 12.1 Å². The number of amides is 1. The van der Waals surface area contributed by atoms with Gasteiger partial charge in [0.1, 0.15) is 11.4 Å². The number of nitrogens with one attached hydrogen (secondary N) is 1. The zero-order valence-electron chi connectivity index (χ0n) is 13.5. The van der Waals surface area contributed by atoms with Gasteiger partial charge in [0.2, 0.25) is 0 Å². The lowest BCUT2D eigenvalue weighted by atomic mass is 10.1. The number of benzene rings is 2. The van der Waals surface area contributed by atoms with Crippen molar-refractivity contribution >= 4 is 17.8 Å². The van der Waals surface area contributed by atoms with E-state index in [1.54, 1.807) is 24.4 Å². The van der Waals surface area contributed by atoms with E-state index in [4.69, 9.17) is 4.74 Å². The smallest absolute Gasteiger partial charge is 0.471 e. The maximum absolute atomic E-state index is 12.2. The summed E-state index contributed by atoms with van der Waals surface area (Å²) in [7, 11) is 1.51. The molecular formula is C18H17F3N2O2. The van der Waals surface area contributed by atoms with Crippen LogP contribution in [0.5, 0.6) is 5.75 Å². The van der Waals surface area contributed by atoms with E-state index in [0.29, 0.717) is 11.4 Å². The van der Waals surface area contributed by atoms with Crippen LogP contribution in [0.3, 0.4) is 0 Å². The minimum atomic E-state index is -4.87. The van der Waals surface area contributed by atoms with E-state index in [1.807, 2.05) is 35.6 Å². The SMILES string of the molecule is COc1ccc(CCNC(=O)C(F)(F)F)cc1/N=C/c1ccccc1. The molecule has 4 nitrogen and oxygen atoms in total. The second-order valence-corrected chi connectivity index (χ2v) is 5.18. The fourth-order valence-corrected chi connectivity index (χ4v) is 2.10. The molecule has 2 aromatic carbocycles. The Labute approximate surface area is 143 Å². The van der Waals surface area contributed by atoms with Crippen molar-refractivity contribution < 1.29 is 22.7 Å². The van der Waals surface area contributed by atoms with Gasteiger partial charge in [-0.3, -0.25) is 9.79 Å². The zero-order chi connectivity index (χ0) is 18.3. The van der Waals surface area contributed by atoms with Crippen molar-refractivity contribution in [1.82, 2.24) is 5.32 Å². The molecular weight excluding hydrogens is 333 g/mol. The maximum Gasteiger partial charge on any atom is 0.471 e. The van der Waals surface area contributed by atoms with Crippen molar-refractivity contribution in [3.05, 3.63) is 59.7 Å². The highest BCUT2D eigenvalue weighted by Gasteiger charge is 2.38. The molecule has 7 heteroatoms. The van der Waals surface area contributed by atoms with Gasteiger partial charge in [-0.2, -0.15) is 13.2 Å². The van der Waals surface area contributed by atoms with E-state index in [9.17, 15) is 18.0 Å². The van der Waals surface area contributed by atoms with Gasteiger partial charge in [-0.05, 0) is 29.7 Å². The number of rotatable bonds is 6. The average Bonchev–Trinajstić information content (AvgIpc) is 2.60. The molecule has 0 fully saturated rings. The fourth-order valence-electron chi connectivity index (χ4n) is 2.10. The van der Waals surface area contributed by atoms with Crippen LogP contribution >= 0.6 is 0 Å². The Kier molecular flexibility index (Phi) is 6.16. The highest BCUT2D eigenvalue weighted by atomic mass is 19.4. The second kappa shape index (κ2) is 8.32. The molecule has 1 amide bonds. The number of hydrogen-bond acceptors (Lipinski definition) is 3. The third-order valence-electron chi connectivity index (χ3n) is 3.35. The predicted molar refractivity (Wildman–Crippen MR) is 89.5 cm³/mol. The number of methoxy groups -OCH3 is 1. The molecule has 0 saturated heterocycles. The molecule has 2 rings (SSSR count). The van der Waals surface area contributed by atoms with Gasteiger partial charge in [-0.1, -0.05) is 36.4 Å². The Morgan fingerprint density at radius 1 is 1.20 bits per heavy atom. The Morgan fingerprint density at radius 3 is 2.56 bits per heavy atom. The van der Waals surface area contributed by atoms with Crippen LogP contribution in [0.15, 0.2) is 53.5 Å². The first kappa shape index (κ1) is 18.5. The van der Waals surface area contributed by atoms with Crippen molar-refractivity contribution in [3.63, 3.8) is 0 Å². The van der Waals surface area contributed by atoms with Crippen molar-refractivity contribution in [3.8, 4) is 5.75 Å². The minimum absolute atomic E-state index is 0.119. The first-order valence-electron chi connectivity index (χ1n) is 7.51. The Morgan fingerprint density at radius 2 is 1.92 bits per heavy atom. The molecule has 0 heterocycles. The van der Waals surface area contributed by atoms with Gasteiger partial charge in [0.25, 0.3) is 0 Å². The largest absolute Gasteiger partial charge is 0.494 e. The van der Waals surface area contributed by atoms with Gasteiger partial charge in [-0.25, -0.2) is 0 Å². The highest BCUT2D eigenvalue weighted by molar-refractivity contribution is 5.83. The monoisotopic (exact) mass is 350 g/mol. The van der Waals surface area contributed by atoms with E-state index in [-0.39, 0.29) is 13.0 Å². The molecule has 0 radical (unpaired) electrons.